The highest BCUT2D eigenvalue weighted by molar-refractivity contribution is 5.93. The van der Waals surface area contributed by atoms with E-state index in [0.29, 0.717) is 24.2 Å². The first-order valence-corrected chi connectivity index (χ1v) is 10.3. The van der Waals surface area contributed by atoms with Crippen molar-refractivity contribution in [3.05, 3.63) is 29.6 Å². The van der Waals surface area contributed by atoms with Crippen LogP contribution in [0.25, 0.3) is 0 Å². The molecule has 3 rings (SSSR count). The van der Waals surface area contributed by atoms with E-state index >= 15 is 0 Å². The van der Waals surface area contributed by atoms with E-state index in [1.807, 2.05) is 17.9 Å². The zero-order chi connectivity index (χ0) is 19.9. The number of carbonyl (C=O) groups excluding carboxylic acids is 2. The van der Waals surface area contributed by atoms with E-state index in [4.69, 9.17) is 4.74 Å². The molecule has 2 aliphatic heterocycles. The van der Waals surface area contributed by atoms with Gasteiger partial charge < -0.3 is 15.0 Å². The Labute approximate surface area is 167 Å². The van der Waals surface area contributed by atoms with Gasteiger partial charge in [0.25, 0.3) is 5.91 Å². The van der Waals surface area contributed by atoms with Gasteiger partial charge in [0, 0.05) is 70.8 Å². The minimum absolute atomic E-state index is 0.0745. The Hall–Kier alpha value is -1.99. The first kappa shape index (κ1) is 20.7. The summed E-state index contributed by atoms with van der Waals surface area (Å²) in [6.45, 7) is 8.25. The van der Waals surface area contributed by atoms with Crippen LogP contribution in [0, 0.1) is 6.92 Å². The van der Waals surface area contributed by atoms with Crippen LogP contribution in [0.5, 0.6) is 0 Å². The number of aromatic nitrogens is 1. The fourth-order valence-electron chi connectivity index (χ4n) is 4.27. The van der Waals surface area contributed by atoms with Crippen LogP contribution >= 0.6 is 0 Å². The highest BCUT2D eigenvalue weighted by Gasteiger charge is 2.31. The molecule has 0 aromatic carbocycles. The van der Waals surface area contributed by atoms with Crippen molar-refractivity contribution in [2.24, 2.45) is 0 Å². The number of aryl methyl sites for hydroxylation is 1. The summed E-state index contributed by atoms with van der Waals surface area (Å²) >= 11 is 0. The molecule has 0 atom stereocenters. The van der Waals surface area contributed by atoms with Crippen molar-refractivity contribution in [1.82, 2.24) is 20.1 Å². The number of amides is 2. The largest absolute Gasteiger partial charge is 0.381 e. The molecule has 2 amide bonds. The average Bonchev–Trinajstić information content (AvgIpc) is 2.72. The number of nitrogens with zero attached hydrogens (tertiary/aromatic N) is 3. The zero-order valence-electron chi connectivity index (χ0n) is 17.0. The van der Waals surface area contributed by atoms with Gasteiger partial charge in [-0.15, -0.1) is 0 Å². The van der Waals surface area contributed by atoms with E-state index in [0.717, 1.165) is 64.1 Å². The van der Waals surface area contributed by atoms with Crippen molar-refractivity contribution in [2.45, 2.75) is 51.6 Å². The van der Waals surface area contributed by atoms with Crippen LogP contribution in [-0.4, -0.2) is 78.1 Å². The molecule has 28 heavy (non-hydrogen) atoms. The lowest BCUT2D eigenvalue weighted by atomic mass is 9.98. The zero-order valence-corrected chi connectivity index (χ0v) is 17.0. The van der Waals surface area contributed by atoms with E-state index in [9.17, 15) is 9.59 Å². The lowest BCUT2D eigenvalue weighted by molar-refractivity contribution is -0.130. The van der Waals surface area contributed by atoms with E-state index in [-0.39, 0.29) is 11.8 Å². The van der Waals surface area contributed by atoms with Crippen molar-refractivity contribution < 1.29 is 14.3 Å². The molecule has 2 aliphatic rings. The molecule has 2 fully saturated rings. The lowest BCUT2D eigenvalue weighted by Crippen LogP contribution is -2.53. The van der Waals surface area contributed by atoms with Gasteiger partial charge in [-0.1, -0.05) is 0 Å². The van der Waals surface area contributed by atoms with E-state index < -0.39 is 0 Å². The maximum absolute atomic E-state index is 12.4. The lowest BCUT2D eigenvalue weighted by Gasteiger charge is -2.43. The number of nitrogens with one attached hydrogen (secondary N) is 1. The highest BCUT2D eigenvalue weighted by Crippen LogP contribution is 2.23. The second kappa shape index (κ2) is 9.98. The summed E-state index contributed by atoms with van der Waals surface area (Å²) in [6.07, 6.45) is 7.40. The van der Waals surface area contributed by atoms with Gasteiger partial charge in [-0.2, -0.15) is 0 Å². The Morgan fingerprint density at radius 1 is 1.18 bits per heavy atom. The third-order valence-corrected chi connectivity index (χ3v) is 5.83. The fraction of sp³-hybridized carbons (Fsp3) is 0.667. The van der Waals surface area contributed by atoms with Gasteiger partial charge in [0.1, 0.15) is 0 Å². The van der Waals surface area contributed by atoms with Crippen LogP contribution in [0.2, 0.25) is 0 Å². The van der Waals surface area contributed by atoms with Gasteiger partial charge in [0.15, 0.2) is 0 Å². The molecule has 1 aromatic rings. The van der Waals surface area contributed by atoms with Crippen LogP contribution in [0.4, 0.5) is 0 Å². The Morgan fingerprint density at radius 3 is 2.50 bits per heavy atom. The summed E-state index contributed by atoms with van der Waals surface area (Å²) in [5.74, 6) is 0.0876. The van der Waals surface area contributed by atoms with Crippen LogP contribution in [-0.2, 0) is 9.53 Å². The molecular weight excluding hydrogens is 356 g/mol. The first-order chi connectivity index (χ1) is 13.5. The molecule has 0 bridgehead atoms. The smallest absolute Gasteiger partial charge is 0.252 e. The summed E-state index contributed by atoms with van der Waals surface area (Å²) in [5, 5.41) is 3.05. The summed E-state index contributed by atoms with van der Waals surface area (Å²) in [4.78, 5) is 32.6. The topological polar surface area (TPSA) is 74.8 Å². The molecule has 7 heteroatoms. The molecule has 0 radical (unpaired) electrons. The third kappa shape index (κ3) is 5.52. The van der Waals surface area contributed by atoms with Crippen molar-refractivity contribution in [3.8, 4) is 0 Å². The third-order valence-electron chi connectivity index (χ3n) is 5.83. The fourth-order valence-corrected chi connectivity index (χ4v) is 4.27. The SMILES string of the molecule is CC(=O)N1CCC(N(CCNC(=O)c2cncc(C)c2)C2CCOCC2)CC1. The Bertz CT molecular complexity index is 667. The molecule has 0 unspecified atom stereocenters. The minimum atomic E-state index is -0.0745. The quantitative estimate of drug-likeness (QED) is 0.801. The van der Waals surface area contributed by atoms with Crippen molar-refractivity contribution >= 4 is 11.8 Å². The molecule has 0 aliphatic carbocycles. The predicted octanol–water partition coefficient (Wildman–Crippen LogP) is 1.61. The Balaban J connectivity index is 1.56. The first-order valence-electron chi connectivity index (χ1n) is 10.3. The number of carbonyl (C=O) groups is 2. The van der Waals surface area contributed by atoms with Crippen molar-refractivity contribution in [2.75, 3.05) is 39.4 Å². The number of hydrogen-bond donors (Lipinski definition) is 1. The number of rotatable bonds is 6. The number of hydrogen-bond acceptors (Lipinski definition) is 5. The molecule has 1 aromatic heterocycles. The van der Waals surface area contributed by atoms with E-state index in [1.54, 1.807) is 19.3 Å². The normalized spacial score (nSPS) is 19.0. The maximum atomic E-state index is 12.4. The summed E-state index contributed by atoms with van der Waals surface area (Å²) in [7, 11) is 0. The predicted molar refractivity (Wildman–Crippen MR) is 107 cm³/mol. The number of ether oxygens (including phenoxy) is 1. The molecule has 0 spiro atoms. The van der Waals surface area contributed by atoms with Gasteiger partial charge in [-0.3, -0.25) is 19.5 Å². The molecule has 1 N–H and O–H groups in total. The number of pyridine rings is 1. The van der Waals surface area contributed by atoms with Crippen LogP contribution in [0.3, 0.4) is 0 Å². The van der Waals surface area contributed by atoms with Gasteiger partial charge in [-0.25, -0.2) is 0 Å². The van der Waals surface area contributed by atoms with Gasteiger partial charge in [-0.05, 0) is 44.2 Å². The van der Waals surface area contributed by atoms with E-state index in [1.165, 1.54) is 0 Å². The van der Waals surface area contributed by atoms with Crippen LogP contribution in [0.15, 0.2) is 18.5 Å². The molecule has 154 valence electrons. The standard InChI is InChI=1S/C21H32N4O3/c1-16-13-18(15-22-14-16)21(27)23-7-10-25(20-5-11-28-12-6-20)19-3-8-24(9-4-19)17(2)26/h13-15,19-20H,3-12H2,1-2H3,(H,23,27). The second-order valence-corrected chi connectivity index (χ2v) is 7.83. The molecule has 7 nitrogen and oxygen atoms in total. The summed E-state index contributed by atoms with van der Waals surface area (Å²) in [5.41, 5.74) is 1.58. The van der Waals surface area contributed by atoms with Crippen molar-refractivity contribution in [1.29, 1.82) is 0 Å². The second-order valence-electron chi connectivity index (χ2n) is 7.83. The molecule has 0 saturated carbocycles. The highest BCUT2D eigenvalue weighted by atomic mass is 16.5. The van der Waals surface area contributed by atoms with Gasteiger partial charge in [0.2, 0.25) is 5.91 Å². The van der Waals surface area contributed by atoms with Crippen LogP contribution < -0.4 is 5.32 Å². The summed E-state index contributed by atoms with van der Waals surface area (Å²) in [6, 6.07) is 2.80. The van der Waals surface area contributed by atoms with Crippen molar-refractivity contribution in [3.63, 3.8) is 0 Å². The Morgan fingerprint density at radius 2 is 1.86 bits per heavy atom. The van der Waals surface area contributed by atoms with E-state index in [2.05, 4.69) is 15.2 Å². The maximum Gasteiger partial charge on any atom is 0.252 e. The van der Waals surface area contributed by atoms with Gasteiger partial charge in [0.05, 0.1) is 5.56 Å². The Kier molecular flexibility index (Phi) is 7.39. The molecule has 2 saturated heterocycles. The van der Waals surface area contributed by atoms with Gasteiger partial charge >= 0.3 is 0 Å². The number of likely N-dealkylation sites (tertiary alicyclic amines) is 1. The summed E-state index contributed by atoms with van der Waals surface area (Å²) < 4.78 is 5.54. The minimum Gasteiger partial charge on any atom is -0.381 e. The molecular formula is C21H32N4O3. The average molecular weight is 389 g/mol. The van der Waals surface area contributed by atoms with Crippen LogP contribution in [0.1, 0.15) is 48.5 Å². The number of piperidine rings is 1. The monoisotopic (exact) mass is 388 g/mol. The molecule has 3 heterocycles.